The molecule has 105 valence electrons. The monoisotopic (exact) mass is 292 g/mol. The molecule has 0 aromatic heterocycles. The molecule has 2 aromatic carbocycles. The summed E-state index contributed by atoms with van der Waals surface area (Å²) in [7, 11) is -0.726. The number of hydrogen-bond acceptors (Lipinski definition) is 4. The number of rotatable bonds is 5. The average molecular weight is 292 g/mol. The van der Waals surface area contributed by atoms with E-state index in [1.165, 1.54) is 26.4 Å². The van der Waals surface area contributed by atoms with E-state index < -0.39 is 10.0 Å². The molecule has 0 aliphatic carbocycles. The normalized spacial score (nSPS) is 10.9. The van der Waals surface area contributed by atoms with Gasteiger partial charge in [0.15, 0.2) is 11.5 Å². The predicted molar refractivity (Wildman–Crippen MR) is 75.6 cm³/mol. The fourth-order valence-corrected chi connectivity index (χ4v) is 2.73. The van der Waals surface area contributed by atoms with E-state index in [1.807, 2.05) is 0 Å². The van der Waals surface area contributed by atoms with E-state index in [4.69, 9.17) is 9.47 Å². The lowest BCUT2D eigenvalue weighted by atomic mass is 10.3. The van der Waals surface area contributed by atoms with Crippen LogP contribution >= 0.6 is 0 Å². The maximum Gasteiger partial charge on any atom is 0.262 e. The van der Waals surface area contributed by atoms with Crippen molar-refractivity contribution < 1.29 is 17.9 Å². The van der Waals surface area contributed by atoms with Crippen LogP contribution < -0.4 is 14.2 Å². The molecule has 20 heavy (non-hydrogen) atoms. The van der Waals surface area contributed by atoms with Gasteiger partial charge in [0.1, 0.15) is 0 Å². The summed E-state index contributed by atoms with van der Waals surface area (Å²) in [6, 6.07) is 13.7. The van der Waals surface area contributed by atoms with Crippen LogP contribution in [-0.2, 0) is 10.0 Å². The Kier molecular flexibility index (Phi) is 4.14. The Balaban J connectivity index is 2.35. The molecular formula is C14H14NO4S. The highest BCUT2D eigenvalue weighted by Crippen LogP contribution is 2.30. The zero-order valence-electron chi connectivity index (χ0n) is 11.1. The van der Waals surface area contributed by atoms with E-state index in [1.54, 1.807) is 30.3 Å². The van der Waals surface area contributed by atoms with Crippen LogP contribution in [0.4, 0.5) is 5.69 Å². The third-order valence-corrected chi connectivity index (χ3v) is 4.01. The van der Waals surface area contributed by atoms with Gasteiger partial charge in [-0.25, -0.2) is 8.42 Å². The Hall–Kier alpha value is -2.21. The first-order valence-electron chi connectivity index (χ1n) is 5.78. The first kappa shape index (κ1) is 14.2. The lowest BCUT2D eigenvalue weighted by Gasteiger charge is -2.11. The van der Waals surface area contributed by atoms with Crippen LogP contribution in [0.25, 0.3) is 0 Å². The van der Waals surface area contributed by atoms with Crippen LogP contribution in [0.3, 0.4) is 0 Å². The molecule has 5 nitrogen and oxygen atoms in total. The molecule has 2 rings (SSSR count). The first-order valence-corrected chi connectivity index (χ1v) is 7.26. The highest BCUT2D eigenvalue weighted by molar-refractivity contribution is 7.92. The van der Waals surface area contributed by atoms with Crippen molar-refractivity contribution in [1.29, 1.82) is 0 Å². The van der Waals surface area contributed by atoms with Crippen molar-refractivity contribution in [3.63, 3.8) is 0 Å². The molecule has 0 unspecified atom stereocenters. The number of hydrogen-bond donors (Lipinski definition) is 1. The van der Waals surface area contributed by atoms with E-state index in [2.05, 4.69) is 10.8 Å². The summed E-state index contributed by atoms with van der Waals surface area (Å²) in [5.74, 6) is 0.831. The summed E-state index contributed by atoms with van der Waals surface area (Å²) in [5, 5.41) is 0. The minimum Gasteiger partial charge on any atom is -0.493 e. The van der Waals surface area contributed by atoms with Crippen molar-refractivity contribution in [2.24, 2.45) is 0 Å². The van der Waals surface area contributed by atoms with Gasteiger partial charge in [-0.3, -0.25) is 4.72 Å². The first-order chi connectivity index (χ1) is 9.56. The molecule has 0 spiro atoms. The third-order valence-electron chi connectivity index (χ3n) is 2.64. The van der Waals surface area contributed by atoms with Crippen LogP contribution in [0.2, 0.25) is 0 Å². The van der Waals surface area contributed by atoms with Crippen LogP contribution in [-0.4, -0.2) is 22.6 Å². The van der Waals surface area contributed by atoms with E-state index in [-0.39, 0.29) is 4.90 Å². The van der Waals surface area contributed by atoms with Gasteiger partial charge in [0.2, 0.25) is 0 Å². The quantitative estimate of drug-likeness (QED) is 0.918. The fraction of sp³-hybridized carbons (Fsp3) is 0.143. The second-order valence-electron chi connectivity index (χ2n) is 3.91. The molecule has 0 saturated heterocycles. The summed E-state index contributed by atoms with van der Waals surface area (Å²) >= 11 is 0. The smallest absolute Gasteiger partial charge is 0.262 e. The van der Waals surface area contributed by atoms with E-state index in [0.717, 1.165) is 0 Å². The number of benzene rings is 2. The van der Waals surface area contributed by atoms with Gasteiger partial charge in [-0.2, -0.15) is 0 Å². The SMILES string of the molecule is COc1ccc(S(=O)(=O)Nc2cc[c]cc2)cc1OC. The fourth-order valence-electron chi connectivity index (χ4n) is 1.65. The van der Waals surface area contributed by atoms with Crippen molar-refractivity contribution in [2.75, 3.05) is 18.9 Å². The Morgan fingerprint density at radius 3 is 2.25 bits per heavy atom. The summed E-state index contributed by atoms with van der Waals surface area (Å²) in [4.78, 5) is 0.1000. The second kappa shape index (κ2) is 5.83. The molecule has 0 aliphatic rings. The van der Waals surface area contributed by atoms with E-state index in [0.29, 0.717) is 17.2 Å². The Labute approximate surface area is 118 Å². The van der Waals surface area contributed by atoms with Crippen molar-refractivity contribution in [1.82, 2.24) is 0 Å². The third kappa shape index (κ3) is 3.03. The molecule has 0 amide bonds. The summed E-state index contributed by atoms with van der Waals surface area (Å²) < 4.78 is 37.2. The molecule has 0 atom stereocenters. The maximum absolute atomic E-state index is 12.3. The van der Waals surface area contributed by atoms with Crippen LogP contribution in [0.1, 0.15) is 0 Å². The molecule has 0 aliphatic heterocycles. The minimum atomic E-state index is -3.67. The molecule has 1 N–H and O–H groups in total. The zero-order chi connectivity index (χ0) is 14.6. The van der Waals surface area contributed by atoms with E-state index in [9.17, 15) is 8.42 Å². The topological polar surface area (TPSA) is 64.6 Å². The van der Waals surface area contributed by atoms with Gasteiger partial charge in [0.05, 0.1) is 19.1 Å². The van der Waals surface area contributed by atoms with Gasteiger partial charge in [0, 0.05) is 11.8 Å². The number of nitrogens with one attached hydrogen (secondary N) is 1. The lowest BCUT2D eigenvalue weighted by molar-refractivity contribution is 0.354. The van der Waals surface area contributed by atoms with Crippen molar-refractivity contribution in [2.45, 2.75) is 4.90 Å². The zero-order valence-corrected chi connectivity index (χ0v) is 11.9. The number of anilines is 1. The Bertz CT molecular complexity index is 684. The van der Waals surface area contributed by atoms with Crippen molar-refractivity contribution >= 4 is 15.7 Å². The average Bonchev–Trinajstić information content (AvgIpc) is 2.47. The van der Waals surface area contributed by atoms with Gasteiger partial charge < -0.3 is 9.47 Å². The predicted octanol–water partition coefficient (Wildman–Crippen LogP) is 2.30. The van der Waals surface area contributed by atoms with Crippen LogP contribution in [0, 0.1) is 6.07 Å². The Morgan fingerprint density at radius 1 is 1.00 bits per heavy atom. The highest BCUT2D eigenvalue weighted by atomic mass is 32.2. The van der Waals surface area contributed by atoms with E-state index >= 15 is 0 Å². The van der Waals surface area contributed by atoms with Crippen molar-refractivity contribution in [3.05, 3.63) is 48.5 Å². The molecule has 6 heteroatoms. The van der Waals surface area contributed by atoms with Gasteiger partial charge in [0.25, 0.3) is 10.0 Å². The number of methoxy groups -OCH3 is 2. The number of ether oxygens (including phenoxy) is 2. The molecule has 0 bridgehead atoms. The second-order valence-corrected chi connectivity index (χ2v) is 5.59. The summed E-state index contributed by atoms with van der Waals surface area (Å²) in [6.07, 6.45) is 0. The van der Waals surface area contributed by atoms with Crippen molar-refractivity contribution in [3.8, 4) is 11.5 Å². The summed E-state index contributed by atoms with van der Waals surface area (Å²) in [5.41, 5.74) is 0.471. The molecule has 1 radical (unpaired) electrons. The van der Waals surface area contributed by atoms with Gasteiger partial charge in [-0.15, -0.1) is 0 Å². The van der Waals surface area contributed by atoms with Gasteiger partial charge in [-0.1, -0.05) is 12.1 Å². The number of sulfonamides is 1. The molecule has 2 aromatic rings. The molecular weight excluding hydrogens is 278 g/mol. The Morgan fingerprint density at radius 2 is 1.65 bits per heavy atom. The molecule has 0 fully saturated rings. The highest BCUT2D eigenvalue weighted by Gasteiger charge is 2.17. The summed E-state index contributed by atoms with van der Waals surface area (Å²) in [6.45, 7) is 0. The van der Waals surface area contributed by atoms with Crippen LogP contribution in [0.15, 0.2) is 47.4 Å². The van der Waals surface area contributed by atoms with Gasteiger partial charge >= 0.3 is 0 Å². The maximum atomic E-state index is 12.3. The largest absolute Gasteiger partial charge is 0.493 e. The minimum absolute atomic E-state index is 0.1000. The van der Waals surface area contributed by atoms with Crippen LogP contribution in [0.5, 0.6) is 11.5 Å². The standard InChI is InChI=1S/C14H14NO4S/c1-18-13-9-8-12(10-14(13)19-2)20(16,17)15-11-6-4-3-5-7-11/h4-10,15H,1-2H3. The van der Waals surface area contributed by atoms with Gasteiger partial charge in [-0.05, 0) is 30.3 Å². The molecule has 0 saturated carbocycles. The lowest BCUT2D eigenvalue weighted by Crippen LogP contribution is -2.13. The molecule has 0 heterocycles.